The highest BCUT2D eigenvalue weighted by Crippen LogP contribution is 2.56. The van der Waals surface area contributed by atoms with Crippen LogP contribution in [-0.4, -0.2) is 43.6 Å². The zero-order valence-corrected chi connectivity index (χ0v) is 27.0. The van der Waals surface area contributed by atoms with Crippen molar-refractivity contribution in [3.63, 3.8) is 0 Å². The zero-order valence-electron chi connectivity index (χ0n) is 26.1. The van der Waals surface area contributed by atoms with Gasteiger partial charge in [-0.05, 0) is 78.6 Å². The Bertz CT molecular complexity index is 1970. The molecule has 8 heteroatoms. The normalized spacial score (nSPS) is 20.0. The summed E-state index contributed by atoms with van der Waals surface area (Å²) in [4.78, 5) is 14.4. The maximum absolute atomic E-state index is 14.1. The molecule has 4 aromatic carbocycles. The fourth-order valence-electron chi connectivity index (χ4n) is 7.47. The topological polar surface area (TPSA) is 77.8 Å². The van der Waals surface area contributed by atoms with E-state index in [0.29, 0.717) is 18.0 Å². The largest absolute Gasteiger partial charge is 0.497 e. The first-order chi connectivity index (χ1) is 22.4. The second-order valence-electron chi connectivity index (χ2n) is 12.4. The van der Waals surface area contributed by atoms with Gasteiger partial charge in [0.1, 0.15) is 12.4 Å². The summed E-state index contributed by atoms with van der Waals surface area (Å²) in [5.41, 5.74) is 5.79. The number of sulfonamides is 1. The molecule has 0 amide bonds. The molecule has 236 valence electrons. The van der Waals surface area contributed by atoms with Crippen LogP contribution in [-0.2, 0) is 21.4 Å². The first kappa shape index (κ1) is 30.3. The van der Waals surface area contributed by atoms with Crippen LogP contribution in [0.25, 0.3) is 10.9 Å². The van der Waals surface area contributed by atoms with Gasteiger partial charge in [-0.2, -0.15) is 4.31 Å². The van der Waals surface area contributed by atoms with E-state index >= 15 is 0 Å². The second kappa shape index (κ2) is 12.4. The number of ether oxygens (including phenoxy) is 2. The van der Waals surface area contributed by atoms with Gasteiger partial charge in [-0.15, -0.1) is 0 Å². The van der Waals surface area contributed by atoms with Gasteiger partial charge < -0.3 is 9.47 Å². The Balaban J connectivity index is 1.37. The van der Waals surface area contributed by atoms with Crippen LogP contribution in [0.15, 0.2) is 108 Å². The minimum absolute atomic E-state index is 0.0613. The summed E-state index contributed by atoms with van der Waals surface area (Å²) in [6.45, 7) is 2.92. The highest BCUT2D eigenvalue weighted by molar-refractivity contribution is 7.89. The van der Waals surface area contributed by atoms with Crippen LogP contribution in [0.3, 0.4) is 0 Å². The number of rotatable bonds is 6. The van der Waals surface area contributed by atoms with Gasteiger partial charge in [-0.25, -0.2) is 17.8 Å². The zero-order chi connectivity index (χ0) is 31.8. The molecule has 46 heavy (non-hydrogen) atoms. The number of aryl methyl sites for hydroxylation is 1. The smallest absolute Gasteiger partial charge is 0.419 e. The van der Waals surface area contributed by atoms with Crippen molar-refractivity contribution in [3.8, 4) is 5.75 Å². The molecule has 0 N–H and O–H groups in total. The van der Waals surface area contributed by atoms with Crippen molar-refractivity contribution in [1.82, 2.24) is 8.87 Å². The molecule has 3 atom stereocenters. The van der Waals surface area contributed by atoms with Crippen LogP contribution >= 0.6 is 0 Å². The highest BCUT2D eigenvalue weighted by Gasteiger charge is 2.48. The standard InChI is InChI=1S/C38H38N2O5S/c1-26-15-21-30(22-16-26)46(42,43)39-23-9-8-12-31-33(24-39)35(28-17-19-29(44-2)20-18-28)37-36(31)32-13-6-7-14-34(32)40(37)38(41)45-25-27-10-4-3-5-11-27/h3-7,10-11,13-22,31,33,35H,8-9,12,23-25H2,1-2H3/t31-,33+,35-/m1/s1. The second-order valence-corrected chi connectivity index (χ2v) is 14.3. The lowest BCUT2D eigenvalue weighted by molar-refractivity contribution is 0.141. The van der Waals surface area contributed by atoms with Crippen molar-refractivity contribution in [1.29, 1.82) is 0 Å². The van der Waals surface area contributed by atoms with E-state index in [1.54, 1.807) is 28.1 Å². The summed E-state index contributed by atoms with van der Waals surface area (Å²) in [6.07, 6.45) is 2.14. The molecule has 0 radical (unpaired) electrons. The average molecular weight is 635 g/mol. The number of carbonyl (C=O) groups excluding carboxylic acids is 1. The molecule has 1 saturated heterocycles. The number of benzene rings is 4. The lowest BCUT2D eigenvalue weighted by atomic mass is 9.79. The number of aromatic nitrogens is 1. The van der Waals surface area contributed by atoms with Crippen molar-refractivity contribution in [3.05, 3.63) is 131 Å². The summed E-state index contributed by atoms with van der Waals surface area (Å²) < 4.78 is 43.1. The Morgan fingerprint density at radius 3 is 2.33 bits per heavy atom. The SMILES string of the molecule is COc1ccc([C@H]2c3c(c4ccccc4n3C(=O)OCc3ccccc3)[C@@H]3CCCCN(S(=O)(=O)c4ccc(C)cc4)C[C@H]23)cc1. The van der Waals surface area contributed by atoms with Gasteiger partial charge in [-0.1, -0.05) is 84.8 Å². The van der Waals surface area contributed by atoms with Gasteiger partial charge >= 0.3 is 6.09 Å². The first-order valence-electron chi connectivity index (χ1n) is 15.9. The number of para-hydroxylation sites is 1. The summed E-state index contributed by atoms with van der Waals surface area (Å²) in [5.74, 6) is 0.474. The Kier molecular flexibility index (Phi) is 8.17. The van der Waals surface area contributed by atoms with Gasteiger partial charge in [0.05, 0.1) is 17.5 Å². The van der Waals surface area contributed by atoms with Crippen molar-refractivity contribution >= 4 is 27.0 Å². The van der Waals surface area contributed by atoms with Gasteiger partial charge in [-0.3, -0.25) is 0 Å². The number of fused-ring (bicyclic) bond motifs is 5. The minimum Gasteiger partial charge on any atom is -0.497 e. The molecular formula is C38H38N2O5S. The molecule has 5 aromatic rings. The number of carbonyl (C=O) groups is 1. The van der Waals surface area contributed by atoms with Gasteiger partial charge in [0.2, 0.25) is 10.0 Å². The van der Waals surface area contributed by atoms with Crippen LogP contribution in [0.1, 0.15) is 59.0 Å². The molecule has 2 aliphatic rings. The van der Waals surface area contributed by atoms with Crippen LogP contribution < -0.4 is 4.74 Å². The number of hydrogen-bond acceptors (Lipinski definition) is 5. The fourth-order valence-corrected chi connectivity index (χ4v) is 8.99. The molecule has 0 spiro atoms. The van der Waals surface area contributed by atoms with Crippen LogP contribution in [0, 0.1) is 12.8 Å². The Morgan fingerprint density at radius 1 is 0.870 bits per heavy atom. The Labute approximate surface area is 270 Å². The van der Waals surface area contributed by atoms with E-state index < -0.39 is 16.1 Å². The van der Waals surface area contributed by atoms with E-state index in [4.69, 9.17) is 9.47 Å². The summed E-state index contributed by atoms with van der Waals surface area (Å²) >= 11 is 0. The Morgan fingerprint density at radius 2 is 1.59 bits per heavy atom. The quantitative estimate of drug-likeness (QED) is 0.190. The highest BCUT2D eigenvalue weighted by atomic mass is 32.2. The number of methoxy groups -OCH3 is 1. The first-order valence-corrected chi connectivity index (χ1v) is 17.4. The summed E-state index contributed by atoms with van der Waals surface area (Å²) in [5, 5.41) is 1.02. The predicted octanol–water partition coefficient (Wildman–Crippen LogP) is 7.86. The molecule has 1 aromatic heterocycles. The maximum Gasteiger partial charge on any atom is 0.419 e. The van der Waals surface area contributed by atoms with E-state index in [2.05, 4.69) is 6.07 Å². The summed E-state index contributed by atoms with van der Waals surface area (Å²) in [6, 6.07) is 32.8. The predicted molar refractivity (Wildman–Crippen MR) is 179 cm³/mol. The van der Waals surface area contributed by atoms with Gasteiger partial charge in [0.25, 0.3) is 0 Å². The molecule has 1 aliphatic heterocycles. The third-order valence-corrected chi connectivity index (χ3v) is 11.6. The molecular weight excluding hydrogens is 596 g/mol. The lowest BCUT2D eigenvalue weighted by Gasteiger charge is -2.34. The summed E-state index contributed by atoms with van der Waals surface area (Å²) in [7, 11) is -2.10. The Hall–Kier alpha value is -4.40. The fraction of sp³-hybridized carbons (Fsp3) is 0.289. The molecule has 7 rings (SSSR count). The lowest BCUT2D eigenvalue weighted by Crippen LogP contribution is -2.40. The molecule has 0 unspecified atom stereocenters. The van der Waals surface area contributed by atoms with Crippen LogP contribution in [0.5, 0.6) is 5.75 Å². The van der Waals surface area contributed by atoms with E-state index in [0.717, 1.165) is 63.9 Å². The number of nitrogens with zero attached hydrogens (tertiary/aromatic N) is 2. The van der Waals surface area contributed by atoms with Gasteiger partial charge in [0.15, 0.2) is 0 Å². The van der Waals surface area contributed by atoms with Gasteiger partial charge in [0, 0.05) is 30.1 Å². The average Bonchev–Trinajstić information content (AvgIpc) is 3.55. The molecule has 7 nitrogen and oxygen atoms in total. The van der Waals surface area contributed by atoms with Crippen molar-refractivity contribution in [2.45, 2.75) is 49.5 Å². The van der Waals surface area contributed by atoms with E-state index in [-0.39, 0.29) is 24.4 Å². The van der Waals surface area contributed by atoms with Crippen LogP contribution in [0.4, 0.5) is 4.79 Å². The third-order valence-electron chi connectivity index (χ3n) is 9.67. The number of hydrogen-bond donors (Lipinski definition) is 0. The third kappa shape index (κ3) is 5.39. The maximum atomic E-state index is 14.1. The monoisotopic (exact) mass is 634 g/mol. The minimum atomic E-state index is -3.74. The van der Waals surface area contributed by atoms with E-state index in [9.17, 15) is 13.2 Å². The van der Waals surface area contributed by atoms with Crippen molar-refractivity contribution in [2.24, 2.45) is 5.92 Å². The molecule has 2 heterocycles. The van der Waals surface area contributed by atoms with Crippen LogP contribution in [0.2, 0.25) is 0 Å². The molecule has 0 bridgehead atoms. The van der Waals surface area contributed by atoms with E-state index in [1.807, 2.05) is 91.9 Å². The van der Waals surface area contributed by atoms with E-state index in [1.165, 1.54) is 0 Å². The molecule has 1 aliphatic carbocycles. The van der Waals surface area contributed by atoms with Crippen molar-refractivity contribution < 1.29 is 22.7 Å². The molecule has 1 fully saturated rings. The molecule has 0 saturated carbocycles. The van der Waals surface area contributed by atoms with Crippen molar-refractivity contribution in [2.75, 3.05) is 20.2 Å².